The zero-order valence-corrected chi connectivity index (χ0v) is 17.4. The van der Waals surface area contributed by atoms with E-state index in [0.717, 1.165) is 51.7 Å². The van der Waals surface area contributed by atoms with E-state index in [2.05, 4.69) is 16.9 Å². The summed E-state index contributed by atoms with van der Waals surface area (Å²) in [5, 5.41) is 0. The van der Waals surface area contributed by atoms with E-state index in [9.17, 15) is 14.4 Å². The molecule has 6 heteroatoms. The van der Waals surface area contributed by atoms with Gasteiger partial charge in [-0.05, 0) is 44.9 Å². The highest BCUT2D eigenvalue weighted by atomic mass is 16.5. The highest BCUT2D eigenvalue weighted by Gasteiger charge is 2.32. The molecule has 28 heavy (non-hydrogen) atoms. The largest absolute Gasteiger partial charge is 0.466 e. The number of esters is 2. The van der Waals surface area contributed by atoms with E-state index in [1.807, 2.05) is 6.92 Å². The van der Waals surface area contributed by atoms with Gasteiger partial charge in [-0.3, -0.25) is 9.59 Å². The lowest BCUT2D eigenvalue weighted by Crippen LogP contribution is -2.13. The Morgan fingerprint density at radius 2 is 2.00 bits per heavy atom. The molecule has 0 radical (unpaired) electrons. The summed E-state index contributed by atoms with van der Waals surface area (Å²) < 4.78 is 15.0. The molecule has 0 aliphatic heterocycles. The number of carbonyl (C=O) groups is 3. The predicted molar refractivity (Wildman–Crippen MR) is 106 cm³/mol. The summed E-state index contributed by atoms with van der Waals surface area (Å²) in [6.07, 6.45) is 12.0. The van der Waals surface area contributed by atoms with E-state index >= 15 is 0 Å². The van der Waals surface area contributed by atoms with E-state index in [0.29, 0.717) is 30.3 Å². The van der Waals surface area contributed by atoms with Crippen LogP contribution in [0.5, 0.6) is 0 Å². The van der Waals surface area contributed by atoms with E-state index in [1.165, 1.54) is 20.1 Å². The molecule has 0 amide bonds. The minimum atomic E-state index is -0.545. The molecule has 0 aromatic carbocycles. The first-order valence-electron chi connectivity index (χ1n) is 10.2. The molecule has 1 fully saturated rings. The Bertz CT molecular complexity index is 563. The molecular formula is C22H34O6. The smallest absolute Gasteiger partial charge is 0.333 e. The van der Waals surface area contributed by atoms with Crippen LogP contribution in [0.3, 0.4) is 0 Å². The molecule has 1 aliphatic rings. The van der Waals surface area contributed by atoms with Crippen LogP contribution in [-0.2, 0) is 28.6 Å². The molecule has 0 aromatic heterocycles. The molecule has 2 atom stereocenters. The minimum Gasteiger partial charge on any atom is -0.466 e. The highest BCUT2D eigenvalue weighted by molar-refractivity contribution is 5.84. The van der Waals surface area contributed by atoms with Crippen LogP contribution in [-0.4, -0.2) is 38.0 Å². The van der Waals surface area contributed by atoms with Gasteiger partial charge in [0.25, 0.3) is 0 Å². The number of hydrogen-bond donors (Lipinski definition) is 0. The average molecular weight is 395 g/mol. The summed E-state index contributed by atoms with van der Waals surface area (Å²) in [7, 11) is 1.28. The molecular weight excluding hydrogens is 360 g/mol. The molecule has 0 unspecified atom stereocenters. The van der Waals surface area contributed by atoms with E-state index in [4.69, 9.17) is 9.47 Å². The van der Waals surface area contributed by atoms with Gasteiger partial charge < -0.3 is 14.2 Å². The first-order valence-corrected chi connectivity index (χ1v) is 10.2. The topological polar surface area (TPSA) is 78.9 Å². The van der Waals surface area contributed by atoms with Gasteiger partial charge in [0.2, 0.25) is 0 Å². The van der Waals surface area contributed by atoms with Crippen molar-refractivity contribution in [1.82, 2.24) is 0 Å². The Labute approximate surface area is 168 Å². The lowest BCUT2D eigenvalue weighted by molar-refractivity contribution is -0.137. The van der Waals surface area contributed by atoms with Crippen LogP contribution in [0.15, 0.2) is 24.0 Å². The Morgan fingerprint density at radius 3 is 2.68 bits per heavy atom. The van der Waals surface area contributed by atoms with Gasteiger partial charge in [0.1, 0.15) is 11.5 Å². The zero-order valence-electron chi connectivity index (χ0n) is 17.4. The lowest BCUT2D eigenvalue weighted by atomic mass is 9.89. The van der Waals surface area contributed by atoms with Crippen LogP contribution in [0.2, 0.25) is 0 Å². The maximum absolute atomic E-state index is 12.2. The fourth-order valence-corrected chi connectivity index (χ4v) is 3.45. The summed E-state index contributed by atoms with van der Waals surface area (Å²) >= 11 is 0. The van der Waals surface area contributed by atoms with Gasteiger partial charge in [0.15, 0.2) is 0 Å². The fraction of sp³-hybridized carbons (Fsp3) is 0.682. The van der Waals surface area contributed by atoms with Crippen molar-refractivity contribution in [2.75, 3.05) is 20.3 Å². The van der Waals surface area contributed by atoms with E-state index in [1.54, 1.807) is 0 Å². The van der Waals surface area contributed by atoms with Crippen LogP contribution in [0.4, 0.5) is 0 Å². The molecule has 0 heterocycles. The average Bonchev–Trinajstić information content (AvgIpc) is 3.00. The van der Waals surface area contributed by atoms with Gasteiger partial charge in [-0.25, -0.2) is 4.79 Å². The summed E-state index contributed by atoms with van der Waals surface area (Å²) in [6, 6.07) is 0. The molecule has 0 spiro atoms. The van der Waals surface area contributed by atoms with Crippen LogP contribution < -0.4 is 0 Å². The van der Waals surface area contributed by atoms with Crippen molar-refractivity contribution < 1.29 is 28.6 Å². The maximum atomic E-state index is 12.2. The molecule has 158 valence electrons. The number of rotatable bonds is 13. The second-order valence-electron chi connectivity index (χ2n) is 7.02. The highest BCUT2D eigenvalue weighted by Crippen LogP contribution is 2.34. The number of unbranched alkanes of at least 4 members (excludes halogenated alkanes) is 2. The predicted octanol–water partition coefficient (Wildman–Crippen LogP) is 4.14. The quantitative estimate of drug-likeness (QED) is 0.154. The summed E-state index contributed by atoms with van der Waals surface area (Å²) in [5.41, 5.74) is 0. The van der Waals surface area contributed by atoms with Gasteiger partial charge >= 0.3 is 11.9 Å². The Kier molecular flexibility index (Phi) is 12.1. The number of Topliss-reactive ketones (excluding diaryl/α,β-unsaturated/α-hetero) is 1. The number of methoxy groups -OCH3 is 1. The molecule has 0 bridgehead atoms. The second-order valence-corrected chi connectivity index (χ2v) is 7.02. The first-order chi connectivity index (χ1) is 13.5. The summed E-state index contributed by atoms with van der Waals surface area (Å²) in [6.45, 7) is 4.81. The third-order valence-electron chi connectivity index (χ3n) is 4.84. The third-order valence-corrected chi connectivity index (χ3v) is 4.84. The van der Waals surface area contributed by atoms with Crippen LogP contribution in [0.1, 0.15) is 65.2 Å². The second kappa shape index (κ2) is 14.1. The number of allylic oxidation sites excluding steroid dienone is 3. The molecule has 1 saturated carbocycles. The number of ether oxygens (including phenoxy) is 3. The van der Waals surface area contributed by atoms with Gasteiger partial charge in [-0.2, -0.15) is 0 Å². The van der Waals surface area contributed by atoms with Crippen molar-refractivity contribution in [3.8, 4) is 0 Å². The molecule has 0 N–H and O–H groups in total. The first kappa shape index (κ1) is 24.1. The Hall–Kier alpha value is -1.95. The minimum absolute atomic E-state index is 0.0740. The zero-order chi connectivity index (χ0) is 20.8. The summed E-state index contributed by atoms with van der Waals surface area (Å²) in [4.78, 5) is 34.7. The molecule has 1 aliphatic carbocycles. The van der Waals surface area contributed by atoms with Crippen LogP contribution >= 0.6 is 0 Å². The SMILES string of the molecule is CCOCCCC=C[C@H]1CCC(=O)[C@@H]1CCCCC(=CC(=O)OC)OC(C)=O. The maximum Gasteiger partial charge on any atom is 0.333 e. The van der Waals surface area contributed by atoms with Crippen molar-refractivity contribution in [2.45, 2.75) is 65.2 Å². The molecule has 0 aromatic rings. The van der Waals surface area contributed by atoms with Crippen LogP contribution in [0.25, 0.3) is 0 Å². The van der Waals surface area contributed by atoms with Crippen molar-refractivity contribution >= 4 is 17.7 Å². The fourth-order valence-electron chi connectivity index (χ4n) is 3.45. The van der Waals surface area contributed by atoms with Gasteiger partial charge in [-0.1, -0.05) is 18.6 Å². The number of carbonyl (C=O) groups excluding carboxylic acids is 3. The Morgan fingerprint density at radius 1 is 1.21 bits per heavy atom. The van der Waals surface area contributed by atoms with Crippen molar-refractivity contribution in [1.29, 1.82) is 0 Å². The van der Waals surface area contributed by atoms with Gasteiger partial charge in [0, 0.05) is 38.9 Å². The molecule has 1 rings (SSSR count). The van der Waals surface area contributed by atoms with E-state index in [-0.39, 0.29) is 5.92 Å². The Balaban J connectivity index is 2.42. The standard InChI is InChI=1S/C22H34O6/c1-4-27-15-9-5-6-10-18-13-14-21(24)20(18)12-8-7-11-19(28-17(2)23)16-22(25)26-3/h6,10,16,18,20H,4-5,7-9,11-15H2,1-3H3/t18-,20+/m0/s1. The normalized spacial score (nSPS) is 20.0. The van der Waals surface area contributed by atoms with Crippen molar-refractivity contribution in [3.05, 3.63) is 24.0 Å². The van der Waals surface area contributed by atoms with Crippen LogP contribution in [0, 0.1) is 11.8 Å². The van der Waals surface area contributed by atoms with Gasteiger partial charge in [-0.15, -0.1) is 0 Å². The molecule has 6 nitrogen and oxygen atoms in total. The monoisotopic (exact) mass is 394 g/mol. The van der Waals surface area contributed by atoms with Crippen molar-refractivity contribution in [2.24, 2.45) is 11.8 Å². The summed E-state index contributed by atoms with van der Waals surface area (Å²) in [5.74, 6) is 0.0348. The third kappa shape index (κ3) is 9.83. The molecule has 0 saturated heterocycles. The lowest BCUT2D eigenvalue weighted by Gasteiger charge is -2.15. The van der Waals surface area contributed by atoms with Crippen molar-refractivity contribution in [3.63, 3.8) is 0 Å². The number of hydrogen-bond acceptors (Lipinski definition) is 6. The number of ketones is 1. The van der Waals surface area contributed by atoms with Gasteiger partial charge in [0.05, 0.1) is 13.2 Å². The van der Waals surface area contributed by atoms with E-state index < -0.39 is 11.9 Å².